The molecule has 0 unspecified atom stereocenters. The third kappa shape index (κ3) is 2.60. The number of aromatic hydroxyl groups is 1. The van der Waals surface area contributed by atoms with E-state index in [-0.39, 0.29) is 5.39 Å². The molecule has 0 atom stereocenters. The minimum absolute atomic E-state index is 0.246. The van der Waals surface area contributed by atoms with Crippen LogP contribution in [0.2, 0.25) is 0 Å². The molecule has 1 heterocycles. The van der Waals surface area contributed by atoms with Gasteiger partial charge in [0, 0.05) is 18.0 Å². The van der Waals surface area contributed by atoms with Crippen molar-refractivity contribution in [3.63, 3.8) is 0 Å². The minimum Gasteiger partial charge on any atom is -0.504 e. The molecule has 23 heavy (non-hydrogen) atoms. The topological polar surface area (TPSA) is 110 Å². The molecule has 0 saturated heterocycles. The Bertz CT molecular complexity index is 869. The summed E-state index contributed by atoms with van der Waals surface area (Å²) >= 11 is 0. The van der Waals surface area contributed by atoms with Gasteiger partial charge in [-0.15, -0.1) is 0 Å². The Balaban J connectivity index is 3.08. The molecule has 6 nitrogen and oxygen atoms in total. The van der Waals surface area contributed by atoms with Crippen LogP contribution in [0.3, 0.4) is 0 Å². The van der Waals surface area contributed by atoms with Crippen molar-refractivity contribution in [2.24, 2.45) is 5.73 Å². The maximum Gasteiger partial charge on any atom is 0.450 e. The number of nitrogens with two attached hydrogens (primary N) is 1. The first-order chi connectivity index (χ1) is 10.8. The number of hydrogen-bond donors (Lipinski definition) is 3. The Hall–Kier alpha value is -2.97. The van der Waals surface area contributed by atoms with Gasteiger partial charge in [0.1, 0.15) is 0 Å². The number of fused-ring (bicyclic) bond motifs is 1. The summed E-state index contributed by atoms with van der Waals surface area (Å²) in [6.07, 6.45) is -3.79. The number of phenolic OH excluding ortho intramolecular Hbond substituents is 1. The Kier molecular flexibility index (Phi) is 4.04. The maximum atomic E-state index is 13.2. The van der Waals surface area contributed by atoms with Crippen molar-refractivity contribution < 1.29 is 27.4 Å². The zero-order chi connectivity index (χ0) is 17.4. The minimum atomic E-state index is -5.02. The van der Waals surface area contributed by atoms with Gasteiger partial charge in [0.05, 0.1) is 18.1 Å². The smallest absolute Gasteiger partial charge is 0.450 e. The van der Waals surface area contributed by atoms with E-state index in [0.717, 1.165) is 19.2 Å². The lowest BCUT2D eigenvalue weighted by atomic mass is 10.0. The van der Waals surface area contributed by atoms with Gasteiger partial charge < -0.3 is 25.4 Å². The fourth-order valence-electron chi connectivity index (χ4n) is 2.09. The molecule has 0 fully saturated rings. The number of rotatable bonds is 3. The van der Waals surface area contributed by atoms with Crippen molar-refractivity contribution in [3.8, 4) is 11.5 Å². The molecule has 2 aromatic rings. The second kappa shape index (κ2) is 5.67. The van der Waals surface area contributed by atoms with E-state index in [1.54, 1.807) is 0 Å². The van der Waals surface area contributed by atoms with E-state index in [1.807, 2.05) is 0 Å². The van der Waals surface area contributed by atoms with Gasteiger partial charge in [-0.05, 0) is 12.1 Å². The number of hydrogen-bond acceptors (Lipinski definition) is 6. The third-order valence-electron chi connectivity index (χ3n) is 3.08. The quantitative estimate of drug-likeness (QED) is 0.750. The van der Waals surface area contributed by atoms with Crippen LogP contribution in [0, 0.1) is 5.41 Å². The molecule has 0 radical (unpaired) electrons. The van der Waals surface area contributed by atoms with Crippen molar-refractivity contribution >= 4 is 22.8 Å². The van der Waals surface area contributed by atoms with Crippen molar-refractivity contribution in [2.75, 3.05) is 7.11 Å². The van der Waals surface area contributed by atoms with E-state index in [9.17, 15) is 23.1 Å². The van der Waals surface area contributed by atoms with E-state index in [0.29, 0.717) is 12.4 Å². The average Bonchev–Trinajstić information content (AvgIpc) is 2.49. The van der Waals surface area contributed by atoms with Crippen LogP contribution in [0.4, 0.5) is 13.2 Å². The normalized spacial score (nSPS) is 12.4. The van der Waals surface area contributed by atoms with Gasteiger partial charge in [0.2, 0.25) is 16.9 Å². The highest BCUT2D eigenvalue weighted by Gasteiger charge is 2.40. The standard InChI is InChI=1S/C14H11F3N2O4/c1-22-12-8(20)3-2-7-10(21)9(6(4-18)5-19)13(14(15,16)17)23-11(7)12/h2-5,18,20H,19H2,1H3/b6-5+,18-4?. The van der Waals surface area contributed by atoms with Gasteiger partial charge in [-0.1, -0.05) is 0 Å². The van der Waals surface area contributed by atoms with Gasteiger partial charge in [-0.3, -0.25) is 4.79 Å². The summed E-state index contributed by atoms with van der Waals surface area (Å²) in [6, 6.07) is 2.19. The molecule has 0 saturated carbocycles. The predicted octanol–water partition coefficient (Wildman–Crippen LogP) is 2.48. The molecular formula is C14H11F3N2O4. The Labute approximate surface area is 127 Å². The molecule has 0 amide bonds. The second-order valence-corrected chi connectivity index (χ2v) is 4.39. The van der Waals surface area contributed by atoms with E-state index < -0.39 is 45.6 Å². The summed E-state index contributed by atoms with van der Waals surface area (Å²) in [6.45, 7) is 0. The number of benzene rings is 1. The molecule has 122 valence electrons. The van der Waals surface area contributed by atoms with Gasteiger partial charge in [-0.25, -0.2) is 0 Å². The van der Waals surface area contributed by atoms with E-state index in [2.05, 4.69) is 0 Å². The lowest BCUT2D eigenvalue weighted by molar-refractivity contribution is -0.153. The number of alkyl halides is 3. The summed E-state index contributed by atoms with van der Waals surface area (Å²) in [7, 11) is 1.11. The summed E-state index contributed by atoms with van der Waals surface area (Å²) < 4.78 is 49.4. The van der Waals surface area contributed by atoms with Crippen LogP contribution in [0.25, 0.3) is 16.5 Å². The lowest BCUT2D eigenvalue weighted by Crippen LogP contribution is -2.19. The van der Waals surface area contributed by atoms with Crippen LogP contribution in [0.15, 0.2) is 27.5 Å². The van der Waals surface area contributed by atoms with Crippen LogP contribution in [0.5, 0.6) is 11.5 Å². The van der Waals surface area contributed by atoms with Crippen LogP contribution in [0.1, 0.15) is 11.3 Å². The summed E-state index contributed by atoms with van der Waals surface area (Å²) in [5.41, 5.74) is 2.28. The van der Waals surface area contributed by atoms with Gasteiger partial charge in [-0.2, -0.15) is 13.2 Å². The molecule has 0 spiro atoms. The summed E-state index contributed by atoms with van der Waals surface area (Å²) in [5, 5.41) is 16.5. The van der Waals surface area contributed by atoms with Crippen molar-refractivity contribution in [2.45, 2.75) is 6.18 Å². The molecule has 0 aliphatic rings. The van der Waals surface area contributed by atoms with E-state index >= 15 is 0 Å². The second-order valence-electron chi connectivity index (χ2n) is 4.39. The van der Waals surface area contributed by atoms with Crippen molar-refractivity contribution in [1.29, 1.82) is 5.41 Å². The highest BCUT2D eigenvalue weighted by molar-refractivity contribution is 6.09. The zero-order valence-corrected chi connectivity index (χ0v) is 11.7. The monoisotopic (exact) mass is 328 g/mol. The Morgan fingerprint density at radius 3 is 2.57 bits per heavy atom. The zero-order valence-electron chi connectivity index (χ0n) is 11.7. The van der Waals surface area contributed by atoms with Crippen molar-refractivity contribution in [3.05, 3.63) is 39.9 Å². The third-order valence-corrected chi connectivity index (χ3v) is 3.08. The lowest BCUT2D eigenvalue weighted by Gasteiger charge is -2.14. The highest BCUT2D eigenvalue weighted by atomic mass is 19.4. The predicted molar refractivity (Wildman–Crippen MR) is 76.7 cm³/mol. The average molecular weight is 328 g/mol. The SMILES string of the molecule is COc1c(O)ccc2c(=O)c(/C(C=N)=C/N)c(C(F)(F)F)oc12. The van der Waals surface area contributed by atoms with Gasteiger partial charge in [0.15, 0.2) is 11.3 Å². The van der Waals surface area contributed by atoms with Crippen molar-refractivity contribution in [1.82, 2.24) is 0 Å². The first-order valence-electron chi connectivity index (χ1n) is 6.13. The molecule has 0 aliphatic heterocycles. The number of nitrogens with one attached hydrogen (secondary N) is 1. The fourth-order valence-corrected chi connectivity index (χ4v) is 2.09. The number of methoxy groups -OCH3 is 1. The molecule has 4 N–H and O–H groups in total. The first-order valence-corrected chi connectivity index (χ1v) is 6.13. The number of phenols is 1. The number of halogens is 3. The van der Waals surface area contributed by atoms with E-state index in [1.165, 1.54) is 0 Å². The van der Waals surface area contributed by atoms with Crippen LogP contribution >= 0.6 is 0 Å². The van der Waals surface area contributed by atoms with Gasteiger partial charge >= 0.3 is 6.18 Å². The molecular weight excluding hydrogens is 317 g/mol. The first kappa shape index (κ1) is 16.4. The van der Waals surface area contributed by atoms with Crippen LogP contribution in [-0.2, 0) is 6.18 Å². The molecule has 0 bridgehead atoms. The molecule has 9 heteroatoms. The molecule has 2 rings (SSSR count). The van der Waals surface area contributed by atoms with Crippen LogP contribution in [-0.4, -0.2) is 18.4 Å². The molecule has 0 aliphatic carbocycles. The number of allylic oxidation sites excluding steroid dienone is 1. The highest BCUT2D eigenvalue weighted by Crippen LogP contribution is 2.39. The molecule has 1 aromatic heterocycles. The van der Waals surface area contributed by atoms with Gasteiger partial charge in [0.25, 0.3) is 0 Å². The summed E-state index contributed by atoms with van der Waals surface area (Å²) in [5.74, 6) is -2.51. The summed E-state index contributed by atoms with van der Waals surface area (Å²) in [4.78, 5) is 12.4. The maximum absolute atomic E-state index is 13.2. The largest absolute Gasteiger partial charge is 0.504 e. The van der Waals surface area contributed by atoms with E-state index in [4.69, 9.17) is 20.3 Å². The Morgan fingerprint density at radius 1 is 1.43 bits per heavy atom. The molecule has 1 aromatic carbocycles. The fraction of sp³-hybridized carbons (Fsp3) is 0.143. The number of ether oxygens (including phenoxy) is 1. The van der Waals surface area contributed by atoms with Crippen LogP contribution < -0.4 is 15.9 Å². The Morgan fingerprint density at radius 2 is 2.09 bits per heavy atom.